The molecule has 0 saturated carbocycles. The van der Waals surface area contributed by atoms with Gasteiger partial charge in [-0.3, -0.25) is 14.5 Å². The Labute approximate surface area is 175 Å². The van der Waals surface area contributed by atoms with Crippen LogP contribution < -0.4 is 9.64 Å². The monoisotopic (exact) mass is 426 g/mol. The molecule has 1 saturated heterocycles. The van der Waals surface area contributed by atoms with Crippen molar-refractivity contribution in [2.45, 2.75) is 6.04 Å². The van der Waals surface area contributed by atoms with E-state index in [0.29, 0.717) is 27.0 Å². The van der Waals surface area contributed by atoms with E-state index in [2.05, 4.69) is 4.98 Å². The van der Waals surface area contributed by atoms with E-state index in [1.165, 1.54) is 16.2 Å². The Morgan fingerprint density at radius 2 is 1.83 bits per heavy atom. The lowest BCUT2D eigenvalue weighted by Crippen LogP contribution is -2.29. The zero-order valence-corrected chi connectivity index (χ0v) is 16.8. The van der Waals surface area contributed by atoms with Gasteiger partial charge in [0.05, 0.1) is 18.7 Å². The van der Waals surface area contributed by atoms with Crippen molar-refractivity contribution in [1.82, 2.24) is 4.98 Å². The molecule has 8 heteroatoms. The van der Waals surface area contributed by atoms with Gasteiger partial charge in [-0.25, -0.2) is 4.98 Å². The van der Waals surface area contributed by atoms with Gasteiger partial charge < -0.3 is 9.84 Å². The van der Waals surface area contributed by atoms with E-state index in [-0.39, 0.29) is 11.3 Å². The minimum absolute atomic E-state index is 0.00214. The van der Waals surface area contributed by atoms with Gasteiger partial charge in [-0.05, 0) is 42.0 Å². The number of carbonyl (C=O) groups is 2. The third-order valence-corrected chi connectivity index (χ3v) is 5.64. The van der Waals surface area contributed by atoms with Crippen molar-refractivity contribution in [2.75, 3.05) is 12.0 Å². The highest BCUT2D eigenvalue weighted by Crippen LogP contribution is 2.43. The number of aliphatic hydroxyl groups is 1. The molecule has 0 bridgehead atoms. The molecular formula is C21H15ClN2O4S. The van der Waals surface area contributed by atoms with Crippen LogP contribution in [0.2, 0.25) is 5.02 Å². The van der Waals surface area contributed by atoms with E-state index >= 15 is 0 Å². The van der Waals surface area contributed by atoms with Gasteiger partial charge in [0, 0.05) is 22.2 Å². The van der Waals surface area contributed by atoms with E-state index in [9.17, 15) is 14.7 Å². The minimum Gasteiger partial charge on any atom is -0.507 e. The number of anilines is 1. The maximum absolute atomic E-state index is 12.9. The van der Waals surface area contributed by atoms with Gasteiger partial charge in [0.2, 0.25) is 0 Å². The number of rotatable bonds is 4. The van der Waals surface area contributed by atoms with Crippen molar-refractivity contribution in [2.24, 2.45) is 0 Å². The molecule has 1 aliphatic heterocycles. The van der Waals surface area contributed by atoms with Crippen molar-refractivity contribution in [3.8, 4) is 5.75 Å². The number of carbonyl (C=O) groups excluding carboxylic acids is 2. The molecule has 1 aromatic heterocycles. The number of ketones is 1. The molecule has 0 radical (unpaired) electrons. The molecule has 1 fully saturated rings. The number of aliphatic hydroxyl groups excluding tert-OH is 1. The largest absolute Gasteiger partial charge is 0.507 e. The number of thiazole rings is 1. The highest BCUT2D eigenvalue weighted by Gasteiger charge is 2.47. The molecule has 0 aliphatic carbocycles. The predicted molar refractivity (Wildman–Crippen MR) is 111 cm³/mol. The molecule has 3 aromatic rings. The van der Waals surface area contributed by atoms with Crippen molar-refractivity contribution in [1.29, 1.82) is 0 Å². The zero-order valence-electron chi connectivity index (χ0n) is 15.2. The lowest BCUT2D eigenvalue weighted by Gasteiger charge is -2.23. The Morgan fingerprint density at radius 3 is 2.41 bits per heavy atom. The van der Waals surface area contributed by atoms with Gasteiger partial charge in [-0.15, -0.1) is 11.3 Å². The predicted octanol–water partition coefficient (Wildman–Crippen LogP) is 4.43. The molecule has 6 nitrogen and oxygen atoms in total. The van der Waals surface area contributed by atoms with Crippen LogP contribution in [0.4, 0.5) is 5.13 Å². The highest BCUT2D eigenvalue weighted by molar-refractivity contribution is 7.14. The molecule has 0 unspecified atom stereocenters. The van der Waals surface area contributed by atoms with Crippen LogP contribution in [0.1, 0.15) is 17.2 Å². The first-order chi connectivity index (χ1) is 14.0. The lowest BCUT2D eigenvalue weighted by molar-refractivity contribution is -0.132. The van der Waals surface area contributed by atoms with E-state index in [1.54, 1.807) is 67.2 Å². The molecular weight excluding hydrogens is 412 g/mol. The molecule has 4 rings (SSSR count). The smallest absolute Gasteiger partial charge is 0.301 e. The first-order valence-corrected chi connectivity index (χ1v) is 9.87. The fourth-order valence-electron chi connectivity index (χ4n) is 3.23. The average Bonchev–Trinajstić information content (AvgIpc) is 3.35. The zero-order chi connectivity index (χ0) is 20.5. The quantitative estimate of drug-likeness (QED) is 0.379. The number of hydrogen-bond acceptors (Lipinski definition) is 6. The second-order valence-corrected chi connectivity index (χ2v) is 7.57. The van der Waals surface area contributed by atoms with Crippen molar-refractivity contribution in [3.63, 3.8) is 0 Å². The summed E-state index contributed by atoms with van der Waals surface area (Å²) in [5.74, 6) is -1.14. The number of halogens is 1. The normalized spacial score (nSPS) is 18.3. The van der Waals surface area contributed by atoms with E-state index in [1.807, 2.05) is 0 Å². The van der Waals surface area contributed by atoms with Crippen LogP contribution in [0.15, 0.2) is 65.7 Å². The van der Waals surface area contributed by atoms with Gasteiger partial charge in [0.15, 0.2) is 5.13 Å². The summed E-state index contributed by atoms with van der Waals surface area (Å²) in [5, 5.41) is 13.5. The van der Waals surface area contributed by atoms with Gasteiger partial charge in [0.1, 0.15) is 11.5 Å². The van der Waals surface area contributed by atoms with Crippen LogP contribution >= 0.6 is 22.9 Å². The number of hydrogen-bond donors (Lipinski definition) is 1. The van der Waals surface area contributed by atoms with Crippen molar-refractivity contribution in [3.05, 3.63) is 81.8 Å². The number of ether oxygens (including phenoxy) is 1. The molecule has 0 spiro atoms. The summed E-state index contributed by atoms with van der Waals surface area (Å²) in [5.41, 5.74) is 1.04. The fourth-order valence-corrected chi connectivity index (χ4v) is 4.02. The van der Waals surface area contributed by atoms with Crippen LogP contribution in [0.3, 0.4) is 0 Å². The Morgan fingerprint density at radius 1 is 1.14 bits per heavy atom. The Kier molecular flexibility index (Phi) is 5.08. The summed E-state index contributed by atoms with van der Waals surface area (Å²) >= 11 is 7.16. The second kappa shape index (κ2) is 7.69. The van der Waals surface area contributed by atoms with Gasteiger partial charge in [-0.2, -0.15) is 0 Å². The molecule has 2 heterocycles. The van der Waals surface area contributed by atoms with Crippen molar-refractivity contribution < 1.29 is 19.4 Å². The minimum atomic E-state index is -0.817. The standard InChI is InChI=1S/C21H15ClN2O4S/c1-28-15-8-4-12(5-9-15)17-16(18(25)13-2-6-14(22)7-3-13)19(26)20(27)24(17)21-23-10-11-29-21/h2-11,17,25H,1H3/t17-/m0/s1. The van der Waals surface area contributed by atoms with E-state index in [4.69, 9.17) is 16.3 Å². The third-order valence-electron chi connectivity index (χ3n) is 4.62. The summed E-state index contributed by atoms with van der Waals surface area (Å²) < 4.78 is 5.20. The number of Topliss-reactive ketones (excluding diaryl/α,β-unsaturated/α-hetero) is 1. The van der Waals surface area contributed by atoms with Crippen LogP contribution in [0.25, 0.3) is 5.76 Å². The second-order valence-electron chi connectivity index (χ2n) is 6.26. The molecule has 1 atom stereocenters. The fraction of sp³-hybridized carbons (Fsp3) is 0.0952. The van der Waals surface area contributed by atoms with Crippen LogP contribution in [-0.4, -0.2) is 28.9 Å². The number of amides is 1. The van der Waals surface area contributed by atoms with Gasteiger partial charge >= 0.3 is 5.91 Å². The number of methoxy groups -OCH3 is 1. The third kappa shape index (κ3) is 3.39. The Bertz CT molecular complexity index is 1090. The lowest BCUT2D eigenvalue weighted by atomic mass is 9.95. The maximum atomic E-state index is 12.9. The molecule has 1 N–H and O–H groups in total. The number of aromatic nitrogens is 1. The van der Waals surface area contributed by atoms with Gasteiger partial charge in [0.25, 0.3) is 5.78 Å². The molecule has 146 valence electrons. The summed E-state index contributed by atoms with van der Waals surface area (Å²) in [6.07, 6.45) is 1.56. The summed E-state index contributed by atoms with van der Waals surface area (Å²) in [4.78, 5) is 31.3. The Balaban J connectivity index is 1.91. The van der Waals surface area contributed by atoms with Gasteiger partial charge in [-0.1, -0.05) is 23.7 Å². The molecule has 1 amide bonds. The van der Waals surface area contributed by atoms with Crippen molar-refractivity contribution >= 4 is 45.5 Å². The first-order valence-electron chi connectivity index (χ1n) is 8.61. The van der Waals surface area contributed by atoms with Crippen LogP contribution in [0, 0.1) is 0 Å². The summed E-state index contributed by atoms with van der Waals surface area (Å²) in [6, 6.07) is 12.6. The first kappa shape index (κ1) is 19.2. The molecule has 2 aromatic carbocycles. The number of nitrogens with zero attached hydrogens (tertiary/aromatic N) is 2. The van der Waals surface area contributed by atoms with E-state index in [0.717, 1.165) is 0 Å². The Hall–Kier alpha value is -3.16. The van der Waals surface area contributed by atoms with Crippen LogP contribution in [-0.2, 0) is 9.59 Å². The number of benzene rings is 2. The van der Waals surface area contributed by atoms with Crippen LogP contribution in [0.5, 0.6) is 5.75 Å². The molecule has 1 aliphatic rings. The summed E-state index contributed by atoms with van der Waals surface area (Å²) in [6.45, 7) is 0. The highest BCUT2D eigenvalue weighted by atomic mass is 35.5. The van der Waals surface area contributed by atoms with E-state index < -0.39 is 17.7 Å². The topological polar surface area (TPSA) is 79.7 Å². The average molecular weight is 427 g/mol. The summed E-state index contributed by atoms with van der Waals surface area (Å²) in [7, 11) is 1.55. The maximum Gasteiger partial charge on any atom is 0.301 e. The SMILES string of the molecule is COc1ccc([C@H]2C(=C(O)c3ccc(Cl)cc3)C(=O)C(=O)N2c2nccs2)cc1. The molecule has 29 heavy (non-hydrogen) atoms.